The number of hydrogen-bond acceptors (Lipinski definition) is 4. The van der Waals surface area contributed by atoms with Crippen LogP contribution in [0.2, 0.25) is 0 Å². The van der Waals surface area contributed by atoms with Gasteiger partial charge in [0.2, 0.25) is 0 Å². The van der Waals surface area contributed by atoms with Crippen molar-refractivity contribution in [3.8, 4) is 0 Å². The first-order valence-electron chi connectivity index (χ1n) is 4.32. The van der Waals surface area contributed by atoms with Crippen LogP contribution >= 0.6 is 0 Å². The van der Waals surface area contributed by atoms with Crippen molar-refractivity contribution in [3.63, 3.8) is 0 Å². The summed E-state index contributed by atoms with van der Waals surface area (Å²) in [5.74, 6) is 0. The summed E-state index contributed by atoms with van der Waals surface area (Å²) < 4.78 is 0. The lowest BCUT2D eigenvalue weighted by Gasteiger charge is -2.35. The maximum Gasteiger partial charge on any atom is 0.107 e. The lowest BCUT2D eigenvalue weighted by Crippen LogP contribution is -2.50. The summed E-state index contributed by atoms with van der Waals surface area (Å²) >= 11 is 0. The van der Waals surface area contributed by atoms with Crippen LogP contribution in [0, 0.1) is 6.92 Å². The minimum atomic E-state index is -0.582. The van der Waals surface area contributed by atoms with Gasteiger partial charge in [-0.25, -0.2) is 0 Å². The first-order chi connectivity index (χ1) is 5.74. The largest absolute Gasteiger partial charge is 0.395 e. The van der Waals surface area contributed by atoms with Crippen molar-refractivity contribution in [1.29, 1.82) is 0 Å². The Balaban J connectivity index is 2.20. The third kappa shape index (κ3) is 2.71. The average Bonchev–Trinajstić information content (AvgIpc) is 2.06. The van der Waals surface area contributed by atoms with E-state index in [1.54, 1.807) is 0 Å². The summed E-state index contributed by atoms with van der Waals surface area (Å²) in [5.41, 5.74) is 0. The van der Waals surface area contributed by atoms with Crippen LogP contribution in [0.3, 0.4) is 0 Å². The molecule has 1 rings (SSSR count). The van der Waals surface area contributed by atoms with E-state index in [2.05, 4.69) is 11.8 Å². The first-order valence-corrected chi connectivity index (χ1v) is 4.32. The van der Waals surface area contributed by atoms with Gasteiger partial charge in [0.15, 0.2) is 0 Å². The Labute approximate surface area is 73.4 Å². The van der Waals surface area contributed by atoms with Crippen molar-refractivity contribution in [2.24, 2.45) is 0 Å². The first kappa shape index (κ1) is 9.92. The predicted molar refractivity (Wildman–Crippen MR) is 46.5 cm³/mol. The predicted octanol–water partition coefficient (Wildman–Crippen LogP) is -1.25. The van der Waals surface area contributed by atoms with Gasteiger partial charge < -0.3 is 10.2 Å². The van der Waals surface area contributed by atoms with Crippen molar-refractivity contribution >= 4 is 0 Å². The molecule has 4 heteroatoms. The third-order valence-electron chi connectivity index (χ3n) is 2.24. The lowest BCUT2D eigenvalue weighted by atomic mass is 10.3. The molecule has 1 radical (unpaired) electrons. The molecule has 1 unspecified atom stereocenters. The van der Waals surface area contributed by atoms with Crippen LogP contribution in [0.15, 0.2) is 0 Å². The monoisotopic (exact) mass is 173 g/mol. The Morgan fingerprint density at radius 3 is 2.25 bits per heavy atom. The second-order valence-electron chi connectivity index (χ2n) is 3.08. The molecule has 0 spiro atoms. The Kier molecular flexibility index (Phi) is 3.94. The molecule has 1 atom stereocenters. The summed E-state index contributed by atoms with van der Waals surface area (Å²) in [4.78, 5) is 4.10. The topological polar surface area (TPSA) is 46.9 Å². The van der Waals surface area contributed by atoms with Gasteiger partial charge in [-0.2, -0.15) is 0 Å². The molecule has 12 heavy (non-hydrogen) atoms. The van der Waals surface area contributed by atoms with Crippen molar-refractivity contribution in [2.75, 3.05) is 39.3 Å². The zero-order valence-corrected chi connectivity index (χ0v) is 7.32. The molecule has 1 aliphatic heterocycles. The third-order valence-corrected chi connectivity index (χ3v) is 2.24. The highest BCUT2D eigenvalue weighted by Crippen LogP contribution is 2.03. The zero-order valence-electron chi connectivity index (χ0n) is 7.32. The van der Waals surface area contributed by atoms with E-state index in [0.29, 0.717) is 0 Å². The highest BCUT2D eigenvalue weighted by Gasteiger charge is 2.18. The highest BCUT2D eigenvalue weighted by molar-refractivity contribution is 4.73. The number of aliphatic hydroxyl groups excluding tert-OH is 2. The highest BCUT2D eigenvalue weighted by atomic mass is 16.3. The second kappa shape index (κ2) is 4.77. The molecular formula is C8H17N2O2. The van der Waals surface area contributed by atoms with Gasteiger partial charge in [-0.3, -0.25) is 9.80 Å². The van der Waals surface area contributed by atoms with Crippen molar-refractivity contribution < 1.29 is 10.2 Å². The van der Waals surface area contributed by atoms with Crippen LogP contribution in [0.25, 0.3) is 0 Å². The van der Waals surface area contributed by atoms with Gasteiger partial charge in [0.05, 0.1) is 6.61 Å². The second-order valence-corrected chi connectivity index (χ2v) is 3.08. The molecule has 1 saturated heterocycles. The Bertz CT molecular complexity index is 122. The van der Waals surface area contributed by atoms with Crippen LogP contribution in [-0.2, 0) is 0 Å². The summed E-state index contributed by atoms with van der Waals surface area (Å²) in [7, 11) is 0. The van der Waals surface area contributed by atoms with E-state index >= 15 is 0 Å². The van der Waals surface area contributed by atoms with Gasteiger partial charge in [-0.1, -0.05) is 0 Å². The summed E-state index contributed by atoms with van der Waals surface area (Å²) in [5, 5.41) is 17.8. The van der Waals surface area contributed by atoms with Crippen LogP contribution < -0.4 is 0 Å². The molecule has 1 heterocycles. The molecule has 1 aliphatic rings. The molecule has 0 amide bonds. The molecule has 0 aliphatic carbocycles. The number of rotatable bonds is 3. The van der Waals surface area contributed by atoms with E-state index in [1.165, 1.54) is 0 Å². The fraction of sp³-hybridized carbons (Fsp3) is 0.875. The Morgan fingerprint density at radius 1 is 1.25 bits per heavy atom. The summed E-state index contributed by atoms with van der Waals surface area (Å²) in [6, 6.07) is 0. The van der Waals surface area contributed by atoms with Crippen LogP contribution in [0.5, 0.6) is 0 Å². The van der Waals surface area contributed by atoms with Gasteiger partial charge in [0, 0.05) is 32.7 Å². The zero-order chi connectivity index (χ0) is 8.97. The normalized spacial score (nSPS) is 24.2. The number of aliphatic hydroxyl groups is 2. The molecule has 0 saturated carbocycles. The van der Waals surface area contributed by atoms with E-state index in [4.69, 9.17) is 10.2 Å². The molecule has 4 nitrogen and oxygen atoms in total. The Hall–Kier alpha value is -0.160. The minimum Gasteiger partial charge on any atom is -0.395 e. The van der Waals surface area contributed by atoms with E-state index in [-0.39, 0.29) is 6.61 Å². The van der Waals surface area contributed by atoms with E-state index in [9.17, 15) is 0 Å². The van der Waals surface area contributed by atoms with E-state index < -0.39 is 6.23 Å². The number of nitrogens with zero attached hydrogens (tertiary/aromatic N) is 2. The van der Waals surface area contributed by atoms with Crippen LogP contribution in [0.4, 0.5) is 0 Å². The van der Waals surface area contributed by atoms with E-state index in [0.717, 1.165) is 32.7 Å². The maximum absolute atomic E-state index is 9.14. The van der Waals surface area contributed by atoms with E-state index in [1.807, 2.05) is 4.90 Å². The molecule has 1 fully saturated rings. The molecule has 0 aromatic heterocycles. The fourth-order valence-corrected chi connectivity index (χ4v) is 1.43. The van der Waals surface area contributed by atoms with Gasteiger partial charge in [0.1, 0.15) is 6.23 Å². The molecular weight excluding hydrogens is 156 g/mol. The molecule has 0 bridgehead atoms. The minimum absolute atomic E-state index is 0.215. The molecule has 71 valence electrons. The lowest BCUT2D eigenvalue weighted by molar-refractivity contribution is 0.00101. The standard InChI is InChI=1S/C8H17N2O2/c1-8(12)10-4-2-9(3-5-10)6-7-11/h8,11-12H,1-7H2. The number of hydrogen-bond donors (Lipinski definition) is 2. The maximum atomic E-state index is 9.14. The van der Waals surface area contributed by atoms with Gasteiger partial charge in [-0.15, -0.1) is 0 Å². The smallest absolute Gasteiger partial charge is 0.107 e. The van der Waals surface area contributed by atoms with Crippen molar-refractivity contribution in [3.05, 3.63) is 6.92 Å². The summed E-state index contributed by atoms with van der Waals surface area (Å²) in [6.07, 6.45) is -0.582. The van der Waals surface area contributed by atoms with Crippen LogP contribution in [-0.4, -0.2) is 65.6 Å². The number of piperazine rings is 1. The van der Waals surface area contributed by atoms with Crippen molar-refractivity contribution in [2.45, 2.75) is 6.23 Å². The van der Waals surface area contributed by atoms with Crippen LogP contribution in [0.1, 0.15) is 0 Å². The number of β-amino-alcohol motifs (C(OH)–C–C–N with tert-alkyl or cyclic N) is 1. The van der Waals surface area contributed by atoms with Gasteiger partial charge >= 0.3 is 0 Å². The van der Waals surface area contributed by atoms with Crippen molar-refractivity contribution in [1.82, 2.24) is 9.80 Å². The average molecular weight is 173 g/mol. The fourth-order valence-electron chi connectivity index (χ4n) is 1.43. The Morgan fingerprint density at radius 2 is 1.83 bits per heavy atom. The molecule has 2 N–H and O–H groups in total. The molecule has 0 aromatic rings. The summed E-state index contributed by atoms with van der Waals surface area (Å²) in [6.45, 7) is 7.99. The molecule has 0 aromatic carbocycles. The SMILES string of the molecule is [CH2]C(O)N1CCN(CCO)CC1. The van der Waals surface area contributed by atoms with Gasteiger partial charge in [-0.05, 0) is 6.92 Å². The quantitative estimate of drug-likeness (QED) is 0.560. The van der Waals surface area contributed by atoms with Gasteiger partial charge in [0.25, 0.3) is 0 Å².